The van der Waals surface area contributed by atoms with Gasteiger partial charge in [-0.3, -0.25) is 5.43 Å². The highest BCUT2D eigenvalue weighted by Gasteiger charge is 2.29. The lowest BCUT2D eigenvalue weighted by Crippen LogP contribution is -2.23. The molecule has 2 N–H and O–H groups in total. The van der Waals surface area contributed by atoms with Crippen molar-refractivity contribution in [2.24, 2.45) is 5.10 Å². The molecule has 0 fully saturated rings. The van der Waals surface area contributed by atoms with Crippen LogP contribution in [-0.4, -0.2) is 18.4 Å². The molecule has 0 saturated carbocycles. The molecular weight excluding hydrogens is 339 g/mol. The molecule has 0 aliphatic rings. The molecule has 0 spiro atoms. The van der Waals surface area contributed by atoms with Gasteiger partial charge in [0, 0.05) is 5.69 Å². The summed E-state index contributed by atoms with van der Waals surface area (Å²) in [7, 11) is 1.58. The zero-order valence-corrected chi connectivity index (χ0v) is 13.4. The summed E-state index contributed by atoms with van der Waals surface area (Å²) in [5.41, 5.74) is 3.14. The van der Waals surface area contributed by atoms with Gasteiger partial charge in [0.1, 0.15) is 5.75 Å². The largest absolute Gasteiger partial charge is 0.497 e. The lowest BCUT2D eigenvalue weighted by atomic mass is 10.2. The first-order valence-corrected chi connectivity index (χ1v) is 7.20. The molecule has 0 aliphatic carbocycles. The van der Waals surface area contributed by atoms with Crippen LogP contribution >= 0.6 is 12.2 Å². The van der Waals surface area contributed by atoms with Gasteiger partial charge in [-0.1, -0.05) is 0 Å². The maximum Gasteiger partial charge on any atom is 0.416 e. The van der Waals surface area contributed by atoms with E-state index >= 15 is 0 Å². The fraction of sp³-hybridized carbons (Fsp3) is 0.125. The third-order valence-corrected chi connectivity index (χ3v) is 3.16. The van der Waals surface area contributed by atoms with Gasteiger partial charge >= 0.3 is 6.18 Å². The van der Waals surface area contributed by atoms with E-state index in [1.54, 1.807) is 25.5 Å². The van der Waals surface area contributed by atoms with Gasteiger partial charge in [0.15, 0.2) is 5.11 Å². The number of thiocarbonyl (C=S) groups is 1. The Hall–Kier alpha value is -2.61. The van der Waals surface area contributed by atoms with Crippen molar-refractivity contribution in [2.45, 2.75) is 6.18 Å². The molecule has 2 aromatic carbocycles. The van der Waals surface area contributed by atoms with Crippen LogP contribution in [0.3, 0.4) is 0 Å². The first kappa shape index (κ1) is 17.7. The van der Waals surface area contributed by atoms with Crippen LogP contribution < -0.4 is 15.5 Å². The van der Waals surface area contributed by atoms with E-state index < -0.39 is 11.7 Å². The van der Waals surface area contributed by atoms with Gasteiger partial charge in [0.05, 0.1) is 18.9 Å². The Bertz CT molecular complexity index is 713. The van der Waals surface area contributed by atoms with Gasteiger partial charge in [-0.15, -0.1) is 0 Å². The number of anilines is 1. The number of nitrogens with zero attached hydrogens (tertiary/aromatic N) is 1. The van der Waals surface area contributed by atoms with E-state index in [0.29, 0.717) is 5.69 Å². The highest BCUT2D eigenvalue weighted by molar-refractivity contribution is 7.80. The predicted octanol–water partition coefficient (Wildman–Crippen LogP) is 4.03. The molecular formula is C16H14F3N3OS. The summed E-state index contributed by atoms with van der Waals surface area (Å²) in [5, 5.41) is 6.86. The van der Waals surface area contributed by atoms with Crippen LogP contribution in [0.4, 0.5) is 18.9 Å². The Morgan fingerprint density at radius 2 is 1.71 bits per heavy atom. The van der Waals surface area contributed by atoms with Crippen molar-refractivity contribution in [1.29, 1.82) is 0 Å². The van der Waals surface area contributed by atoms with Crippen LogP contribution in [0.25, 0.3) is 0 Å². The number of hydrogen-bond acceptors (Lipinski definition) is 3. The van der Waals surface area contributed by atoms with E-state index in [0.717, 1.165) is 23.4 Å². The molecule has 2 rings (SSSR count). The number of hydrogen-bond donors (Lipinski definition) is 2. The highest BCUT2D eigenvalue weighted by atomic mass is 32.1. The Balaban J connectivity index is 1.87. The number of alkyl halides is 3. The second-order valence-electron chi connectivity index (χ2n) is 4.67. The van der Waals surface area contributed by atoms with Crippen molar-refractivity contribution in [3.63, 3.8) is 0 Å². The topological polar surface area (TPSA) is 45.6 Å². The van der Waals surface area contributed by atoms with Crippen LogP contribution in [-0.2, 0) is 6.18 Å². The van der Waals surface area contributed by atoms with Crippen molar-refractivity contribution in [3.8, 4) is 5.75 Å². The van der Waals surface area contributed by atoms with Crippen molar-refractivity contribution >= 4 is 29.2 Å². The van der Waals surface area contributed by atoms with E-state index in [1.807, 2.05) is 12.1 Å². The highest BCUT2D eigenvalue weighted by Crippen LogP contribution is 2.29. The average molecular weight is 353 g/mol. The van der Waals surface area contributed by atoms with Crippen LogP contribution in [0.2, 0.25) is 0 Å². The van der Waals surface area contributed by atoms with Gasteiger partial charge in [-0.2, -0.15) is 18.3 Å². The molecule has 0 aliphatic heterocycles. The molecule has 0 atom stereocenters. The van der Waals surface area contributed by atoms with E-state index in [9.17, 15) is 13.2 Å². The van der Waals surface area contributed by atoms with E-state index in [1.165, 1.54) is 12.1 Å². The second kappa shape index (κ2) is 7.78. The van der Waals surface area contributed by atoms with Crippen LogP contribution in [0, 0.1) is 0 Å². The molecule has 24 heavy (non-hydrogen) atoms. The van der Waals surface area contributed by atoms with Crippen molar-refractivity contribution in [1.82, 2.24) is 5.43 Å². The molecule has 0 bridgehead atoms. The second-order valence-corrected chi connectivity index (χ2v) is 5.08. The molecule has 0 heterocycles. The smallest absolute Gasteiger partial charge is 0.416 e. The first-order valence-electron chi connectivity index (χ1n) is 6.80. The van der Waals surface area contributed by atoms with Gasteiger partial charge in [-0.25, -0.2) is 0 Å². The number of ether oxygens (including phenoxy) is 1. The maximum absolute atomic E-state index is 12.5. The third kappa shape index (κ3) is 5.24. The molecule has 0 aromatic heterocycles. The SMILES string of the molecule is COc1ccc(/C=N/NC(=S)Nc2ccc(C(F)(F)F)cc2)cc1. The minimum Gasteiger partial charge on any atom is -0.497 e. The molecule has 2 aromatic rings. The minimum atomic E-state index is -4.36. The Morgan fingerprint density at radius 1 is 1.08 bits per heavy atom. The van der Waals surface area contributed by atoms with Crippen LogP contribution in [0.5, 0.6) is 5.75 Å². The Labute approximate surface area is 142 Å². The van der Waals surface area contributed by atoms with Crippen LogP contribution in [0.1, 0.15) is 11.1 Å². The van der Waals surface area contributed by atoms with Crippen molar-refractivity contribution < 1.29 is 17.9 Å². The summed E-state index contributed by atoms with van der Waals surface area (Å²) in [6.07, 6.45) is -2.81. The van der Waals surface area contributed by atoms with E-state index in [2.05, 4.69) is 15.8 Å². The predicted molar refractivity (Wildman–Crippen MR) is 91.4 cm³/mol. The van der Waals surface area contributed by atoms with Gasteiger partial charge < -0.3 is 10.1 Å². The number of nitrogens with one attached hydrogen (secondary N) is 2. The average Bonchev–Trinajstić information content (AvgIpc) is 2.55. The summed E-state index contributed by atoms with van der Waals surface area (Å²) < 4.78 is 42.5. The molecule has 0 radical (unpaired) electrons. The summed E-state index contributed by atoms with van der Waals surface area (Å²) in [6.45, 7) is 0. The number of rotatable bonds is 4. The molecule has 0 saturated heterocycles. The minimum absolute atomic E-state index is 0.166. The number of hydrazone groups is 1. The van der Waals surface area contributed by atoms with Gasteiger partial charge in [0.2, 0.25) is 0 Å². The zero-order valence-electron chi connectivity index (χ0n) is 12.6. The summed E-state index contributed by atoms with van der Waals surface area (Å²) in [4.78, 5) is 0. The van der Waals surface area contributed by atoms with E-state index in [4.69, 9.17) is 17.0 Å². The monoisotopic (exact) mass is 353 g/mol. The van der Waals surface area contributed by atoms with Gasteiger partial charge in [-0.05, 0) is 66.3 Å². The molecule has 0 unspecified atom stereocenters. The Kier molecular flexibility index (Phi) is 5.75. The molecule has 4 nitrogen and oxygen atoms in total. The fourth-order valence-corrected chi connectivity index (χ4v) is 1.93. The molecule has 126 valence electrons. The van der Waals surface area contributed by atoms with Crippen molar-refractivity contribution in [2.75, 3.05) is 12.4 Å². The third-order valence-electron chi connectivity index (χ3n) is 2.97. The lowest BCUT2D eigenvalue weighted by Gasteiger charge is -2.09. The standard InChI is InChI=1S/C16H14F3N3OS/c1-23-14-8-2-11(3-9-14)10-20-22-15(24)21-13-6-4-12(5-7-13)16(17,18)19/h2-10H,1H3,(H2,21,22,24)/b20-10+. The van der Waals surface area contributed by atoms with Crippen LogP contribution in [0.15, 0.2) is 53.6 Å². The molecule has 8 heteroatoms. The summed E-state index contributed by atoms with van der Waals surface area (Å²) in [6, 6.07) is 11.8. The summed E-state index contributed by atoms with van der Waals surface area (Å²) >= 11 is 5.02. The number of methoxy groups -OCH3 is 1. The Morgan fingerprint density at radius 3 is 2.25 bits per heavy atom. The van der Waals surface area contributed by atoms with E-state index in [-0.39, 0.29) is 5.11 Å². The molecule has 0 amide bonds. The normalized spacial score (nSPS) is 11.3. The zero-order chi connectivity index (χ0) is 17.6. The number of halogens is 3. The lowest BCUT2D eigenvalue weighted by molar-refractivity contribution is -0.137. The first-order chi connectivity index (χ1) is 11.4. The quantitative estimate of drug-likeness (QED) is 0.495. The number of benzene rings is 2. The summed E-state index contributed by atoms with van der Waals surface area (Å²) in [5.74, 6) is 0.736. The van der Waals surface area contributed by atoms with Gasteiger partial charge in [0.25, 0.3) is 0 Å². The fourth-order valence-electron chi connectivity index (χ4n) is 1.76. The maximum atomic E-state index is 12.5. The van der Waals surface area contributed by atoms with Crippen molar-refractivity contribution in [3.05, 3.63) is 59.7 Å².